The first-order chi connectivity index (χ1) is 8.20. The van der Waals surface area contributed by atoms with E-state index in [1.54, 1.807) is 6.08 Å². The lowest BCUT2D eigenvalue weighted by Crippen LogP contribution is -2.01. The summed E-state index contributed by atoms with van der Waals surface area (Å²) >= 11 is 0. The summed E-state index contributed by atoms with van der Waals surface area (Å²) in [4.78, 5) is 10.8. The zero-order chi connectivity index (χ0) is 12.9. The SMILES string of the molecule is C#C/C=C/C(O)CCCCCCCC(=O)OC. The van der Waals surface area contributed by atoms with Crippen molar-refractivity contribution in [3.05, 3.63) is 12.2 Å². The van der Waals surface area contributed by atoms with Crippen LogP contribution in [0.4, 0.5) is 0 Å². The number of carbonyl (C=O) groups is 1. The van der Waals surface area contributed by atoms with Gasteiger partial charge in [0.1, 0.15) is 0 Å². The van der Waals surface area contributed by atoms with Crippen LogP contribution in [0, 0.1) is 12.3 Å². The Morgan fingerprint density at radius 2 is 2.00 bits per heavy atom. The number of esters is 1. The Bertz CT molecular complexity index is 263. The molecule has 0 aromatic heterocycles. The number of methoxy groups -OCH3 is 1. The fourth-order valence-electron chi connectivity index (χ4n) is 1.52. The van der Waals surface area contributed by atoms with Crippen LogP contribution in [0.5, 0.6) is 0 Å². The molecular weight excluding hydrogens is 216 g/mol. The van der Waals surface area contributed by atoms with Gasteiger partial charge in [0.05, 0.1) is 13.2 Å². The van der Waals surface area contributed by atoms with Gasteiger partial charge in [-0.3, -0.25) is 4.79 Å². The van der Waals surface area contributed by atoms with Gasteiger partial charge in [-0.1, -0.05) is 31.6 Å². The number of unbranched alkanes of at least 4 members (excludes halogenated alkanes) is 4. The van der Waals surface area contributed by atoms with Crippen LogP contribution in [0.3, 0.4) is 0 Å². The molecule has 3 heteroatoms. The molecule has 0 heterocycles. The third-order valence-electron chi connectivity index (χ3n) is 2.52. The minimum absolute atomic E-state index is 0.139. The molecule has 0 spiro atoms. The summed E-state index contributed by atoms with van der Waals surface area (Å²) in [6.45, 7) is 0. The van der Waals surface area contributed by atoms with Gasteiger partial charge in [0.2, 0.25) is 0 Å². The fraction of sp³-hybridized carbons (Fsp3) is 0.643. The predicted molar refractivity (Wildman–Crippen MR) is 68.3 cm³/mol. The van der Waals surface area contributed by atoms with Crippen molar-refractivity contribution in [2.45, 2.75) is 51.0 Å². The van der Waals surface area contributed by atoms with E-state index in [4.69, 9.17) is 6.42 Å². The van der Waals surface area contributed by atoms with Gasteiger partial charge in [-0.25, -0.2) is 0 Å². The number of ether oxygens (including phenoxy) is 1. The van der Waals surface area contributed by atoms with Crippen molar-refractivity contribution in [3.63, 3.8) is 0 Å². The van der Waals surface area contributed by atoms with Crippen molar-refractivity contribution in [1.82, 2.24) is 0 Å². The van der Waals surface area contributed by atoms with Crippen LogP contribution in [0.1, 0.15) is 44.9 Å². The third kappa shape index (κ3) is 11.0. The van der Waals surface area contributed by atoms with Gasteiger partial charge in [0.25, 0.3) is 0 Å². The second-order valence-corrected chi connectivity index (χ2v) is 3.98. The molecule has 0 saturated carbocycles. The number of aliphatic hydroxyl groups excluding tert-OH is 1. The van der Waals surface area contributed by atoms with E-state index in [9.17, 15) is 9.90 Å². The molecule has 1 unspecified atom stereocenters. The first kappa shape index (κ1) is 15.7. The minimum atomic E-state index is -0.430. The van der Waals surface area contributed by atoms with Crippen LogP contribution in [-0.2, 0) is 9.53 Å². The smallest absolute Gasteiger partial charge is 0.305 e. The zero-order valence-corrected chi connectivity index (χ0v) is 10.5. The second kappa shape index (κ2) is 11.2. The van der Waals surface area contributed by atoms with Crippen LogP contribution < -0.4 is 0 Å². The maximum absolute atomic E-state index is 10.8. The first-order valence-corrected chi connectivity index (χ1v) is 6.08. The highest BCUT2D eigenvalue weighted by Gasteiger charge is 2.00. The summed E-state index contributed by atoms with van der Waals surface area (Å²) in [5, 5.41) is 9.44. The van der Waals surface area contributed by atoms with Gasteiger partial charge in [-0.05, 0) is 25.0 Å². The van der Waals surface area contributed by atoms with Crippen LogP contribution in [0.25, 0.3) is 0 Å². The summed E-state index contributed by atoms with van der Waals surface area (Å²) in [6.07, 6.45) is 14.1. The average Bonchev–Trinajstić information content (AvgIpc) is 2.34. The Morgan fingerprint density at radius 1 is 1.35 bits per heavy atom. The van der Waals surface area contributed by atoms with Crippen molar-refractivity contribution in [2.75, 3.05) is 7.11 Å². The fourth-order valence-corrected chi connectivity index (χ4v) is 1.52. The van der Waals surface area contributed by atoms with Gasteiger partial charge in [-0.15, -0.1) is 6.42 Å². The second-order valence-electron chi connectivity index (χ2n) is 3.98. The molecule has 0 saturated heterocycles. The summed E-state index contributed by atoms with van der Waals surface area (Å²) in [5.41, 5.74) is 0. The molecule has 1 N–H and O–H groups in total. The van der Waals surface area contributed by atoms with E-state index in [0.29, 0.717) is 6.42 Å². The number of allylic oxidation sites excluding steroid dienone is 1. The van der Waals surface area contributed by atoms with Crippen LogP contribution in [0.2, 0.25) is 0 Å². The zero-order valence-electron chi connectivity index (χ0n) is 10.5. The summed E-state index contributed by atoms with van der Waals surface area (Å²) < 4.78 is 4.55. The van der Waals surface area contributed by atoms with Crippen LogP contribution >= 0.6 is 0 Å². The molecule has 0 aliphatic carbocycles. The lowest BCUT2D eigenvalue weighted by molar-refractivity contribution is -0.140. The van der Waals surface area contributed by atoms with E-state index in [2.05, 4.69) is 10.7 Å². The number of hydrogen-bond donors (Lipinski definition) is 1. The third-order valence-corrected chi connectivity index (χ3v) is 2.52. The number of carbonyl (C=O) groups excluding carboxylic acids is 1. The van der Waals surface area contributed by atoms with Crippen molar-refractivity contribution < 1.29 is 14.6 Å². The van der Waals surface area contributed by atoms with E-state index in [1.807, 2.05) is 0 Å². The first-order valence-electron chi connectivity index (χ1n) is 6.08. The van der Waals surface area contributed by atoms with Crippen LogP contribution in [-0.4, -0.2) is 24.3 Å². The largest absolute Gasteiger partial charge is 0.469 e. The van der Waals surface area contributed by atoms with Gasteiger partial charge in [-0.2, -0.15) is 0 Å². The summed E-state index contributed by atoms with van der Waals surface area (Å²) in [6, 6.07) is 0. The highest BCUT2D eigenvalue weighted by molar-refractivity contribution is 5.68. The molecule has 17 heavy (non-hydrogen) atoms. The van der Waals surface area contributed by atoms with Gasteiger partial charge in [0, 0.05) is 6.42 Å². The van der Waals surface area contributed by atoms with E-state index in [0.717, 1.165) is 38.5 Å². The number of rotatable bonds is 9. The molecule has 1 atom stereocenters. The predicted octanol–water partition coefficient (Wildman–Crippen LogP) is 2.44. The van der Waals surface area contributed by atoms with Crippen molar-refractivity contribution in [2.24, 2.45) is 0 Å². The molecule has 0 amide bonds. The highest BCUT2D eigenvalue weighted by atomic mass is 16.5. The molecule has 3 nitrogen and oxygen atoms in total. The maximum Gasteiger partial charge on any atom is 0.305 e. The Kier molecular flexibility index (Phi) is 10.4. The normalized spacial score (nSPS) is 12.3. The summed E-state index contributed by atoms with van der Waals surface area (Å²) in [5.74, 6) is 2.21. The Morgan fingerprint density at radius 3 is 2.65 bits per heavy atom. The monoisotopic (exact) mass is 238 g/mol. The van der Waals surface area contributed by atoms with Gasteiger partial charge >= 0.3 is 5.97 Å². The molecule has 0 fully saturated rings. The minimum Gasteiger partial charge on any atom is -0.469 e. The lowest BCUT2D eigenvalue weighted by atomic mass is 10.1. The van der Waals surface area contributed by atoms with Crippen molar-refractivity contribution in [3.8, 4) is 12.3 Å². The Balaban J connectivity index is 3.27. The molecule has 0 aliphatic rings. The molecule has 0 aliphatic heterocycles. The van der Waals surface area contributed by atoms with E-state index in [1.165, 1.54) is 13.2 Å². The molecule has 0 bridgehead atoms. The Hall–Kier alpha value is -1.27. The van der Waals surface area contributed by atoms with E-state index < -0.39 is 6.10 Å². The Labute approximate surface area is 104 Å². The van der Waals surface area contributed by atoms with Crippen molar-refractivity contribution >= 4 is 5.97 Å². The average molecular weight is 238 g/mol. The van der Waals surface area contributed by atoms with Crippen LogP contribution in [0.15, 0.2) is 12.2 Å². The quantitative estimate of drug-likeness (QED) is 0.381. The van der Waals surface area contributed by atoms with E-state index in [-0.39, 0.29) is 5.97 Å². The molecule has 96 valence electrons. The number of hydrogen-bond acceptors (Lipinski definition) is 3. The standard InChI is InChI=1S/C14H22O3/c1-3-4-10-13(15)11-8-6-5-7-9-12-14(16)17-2/h1,4,10,13,15H,5-9,11-12H2,2H3/b10-4+. The molecule has 0 aromatic carbocycles. The molecular formula is C14H22O3. The number of terminal acetylenes is 1. The van der Waals surface area contributed by atoms with E-state index >= 15 is 0 Å². The summed E-state index contributed by atoms with van der Waals surface area (Å²) in [7, 11) is 1.41. The maximum atomic E-state index is 10.8. The topological polar surface area (TPSA) is 46.5 Å². The lowest BCUT2D eigenvalue weighted by Gasteiger charge is -2.04. The van der Waals surface area contributed by atoms with Crippen molar-refractivity contribution in [1.29, 1.82) is 0 Å². The molecule has 0 aromatic rings. The van der Waals surface area contributed by atoms with Gasteiger partial charge in [0.15, 0.2) is 0 Å². The highest BCUT2D eigenvalue weighted by Crippen LogP contribution is 2.09. The van der Waals surface area contributed by atoms with Gasteiger partial charge < -0.3 is 9.84 Å². The number of aliphatic hydroxyl groups is 1. The molecule has 0 rings (SSSR count). The molecule has 0 radical (unpaired) electrons.